The topological polar surface area (TPSA) is 64.1 Å². The Bertz CT molecular complexity index is 354. The molecule has 0 aliphatic carbocycles. The molecule has 0 aromatic carbocycles. The lowest BCUT2D eigenvalue weighted by Gasteiger charge is -2.19. The molecule has 5 heteroatoms. The predicted octanol–water partition coefficient (Wildman–Crippen LogP) is 1.40. The minimum Gasteiger partial charge on any atom is -0.460 e. The van der Waals surface area contributed by atoms with E-state index in [-0.39, 0.29) is 12.4 Å². The second kappa shape index (κ2) is 4.92. The summed E-state index contributed by atoms with van der Waals surface area (Å²) in [5.74, 6) is 0.265. The van der Waals surface area contributed by atoms with Crippen molar-refractivity contribution in [3.05, 3.63) is 18.0 Å². The molecule has 0 saturated heterocycles. The van der Waals surface area contributed by atoms with Crippen LogP contribution in [0, 0.1) is 0 Å². The van der Waals surface area contributed by atoms with Crippen LogP contribution in [0.15, 0.2) is 12.4 Å². The van der Waals surface area contributed by atoms with E-state index >= 15 is 0 Å². The fourth-order valence-corrected chi connectivity index (χ4v) is 1.12. The van der Waals surface area contributed by atoms with E-state index in [1.165, 1.54) is 0 Å². The van der Waals surface area contributed by atoms with Crippen LogP contribution in [0.3, 0.4) is 0 Å². The molecule has 0 fully saturated rings. The number of hydrogen-bond acceptors (Lipinski definition) is 5. The summed E-state index contributed by atoms with van der Waals surface area (Å²) in [5.41, 5.74) is 0.288. The van der Waals surface area contributed by atoms with Crippen LogP contribution in [0.2, 0.25) is 0 Å². The fourth-order valence-electron chi connectivity index (χ4n) is 1.12. The Morgan fingerprint density at radius 3 is 2.38 bits per heavy atom. The van der Waals surface area contributed by atoms with E-state index in [0.29, 0.717) is 5.95 Å². The van der Waals surface area contributed by atoms with Crippen molar-refractivity contribution in [2.45, 2.75) is 32.8 Å². The summed E-state index contributed by atoms with van der Waals surface area (Å²) in [6.07, 6.45) is 3.42. The zero-order valence-corrected chi connectivity index (χ0v) is 10.1. The fraction of sp³-hybridized carbons (Fsp3) is 0.545. The molecule has 0 atom stereocenters. The van der Waals surface area contributed by atoms with Crippen molar-refractivity contribution in [1.82, 2.24) is 9.97 Å². The van der Waals surface area contributed by atoms with Crippen molar-refractivity contribution < 1.29 is 9.53 Å². The molecule has 0 aliphatic heterocycles. The van der Waals surface area contributed by atoms with Crippen LogP contribution < -0.4 is 5.32 Å². The lowest BCUT2D eigenvalue weighted by atomic mass is 10.2. The van der Waals surface area contributed by atoms with Crippen molar-refractivity contribution in [2.24, 2.45) is 0 Å². The van der Waals surface area contributed by atoms with Gasteiger partial charge in [-0.3, -0.25) is 4.79 Å². The average molecular weight is 223 g/mol. The third-order valence-corrected chi connectivity index (χ3v) is 1.70. The first-order chi connectivity index (χ1) is 7.40. The summed E-state index contributed by atoms with van der Waals surface area (Å²) < 4.78 is 5.19. The molecule has 5 nitrogen and oxygen atoms in total. The Balaban J connectivity index is 2.56. The highest BCUT2D eigenvalue weighted by molar-refractivity contribution is 5.72. The monoisotopic (exact) mass is 223 g/mol. The highest BCUT2D eigenvalue weighted by atomic mass is 16.6. The van der Waals surface area contributed by atoms with Crippen LogP contribution in [-0.2, 0) is 16.0 Å². The highest BCUT2D eigenvalue weighted by Gasteiger charge is 2.16. The summed E-state index contributed by atoms with van der Waals surface area (Å²) in [6.45, 7) is 5.52. The number of ether oxygens (including phenoxy) is 1. The van der Waals surface area contributed by atoms with Crippen molar-refractivity contribution in [3.63, 3.8) is 0 Å². The van der Waals surface area contributed by atoms with Gasteiger partial charge in [0.15, 0.2) is 0 Å². The van der Waals surface area contributed by atoms with E-state index in [0.717, 1.165) is 5.56 Å². The quantitative estimate of drug-likeness (QED) is 0.785. The summed E-state index contributed by atoms with van der Waals surface area (Å²) in [6, 6.07) is 0. The Morgan fingerprint density at radius 1 is 1.38 bits per heavy atom. The number of esters is 1. The second-order valence-corrected chi connectivity index (χ2v) is 4.43. The van der Waals surface area contributed by atoms with E-state index < -0.39 is 5.60 Å². The van der Waals surface area contributed by atoms with Gasteiger partial charge < -0.3 is 10.1 Å². The van der Waals surface area contributed by atoms with Gasteiger partial charge in [0.25, 0.3) is 0 Å². The molecule has 88 valence electrons. The summed E-state index contributed by atoms with van der Waals surface area (Å²) in [7, 11) is 1.74. The van der Waals surface area contributed by atoms with Crippen molar-refractivity contribution in [2.75, 3.05) is 12.4 Å². The largest absolute Gasteiger partial charge is 0.460 e. The van der Waals surface area contributed by atoms with Gasteiger partial charge in [-0.15, -0.1) is 0 Å². The number of rotatable bonds is 3. The first-order valence-corrected chi connectivity index (χ1v) is 5.11. The van der Waals surface area contributed by atoms with Crippen molar-refractivity contribution in [1.29, 1.82) is 0 Å². The molecule has 1 rings (SSSR count). The molecule has 1 aromatic rings. The number of nitrogens with zero attached hydrogens (tertiary/aromatic N) is 2. The van der Waals surface area contributed by atoms with E-state index in [4.69, 9.17) is 4.74 Å². The molecule has 0 unspecified atom stereocenters. The number of aromatic nitrogens is 2. The molecule has 0 bridgehead atoms. The maximum absolute atomic E-state index is 11.5. The van der Waals surface area contributed by atoms with Crippen LogP contribution in [-0.4, -0.2) is 28.6 Å². The number of hydrogen-bond donors (Lipinski definition) is 1. The standard InChI is InChI=1S/C11H17N3O2/c1-11(2,3)16-9(15)5-8-6-13-10(12-4)14-7-8/h6-7H,5H2,1-4H3,(H,12,13,14). The Morgan fingerprint density at radius 2 is 1.94 bits per heavy atom. The van der Waals surface area contributed by atoms with E-state index in [9.17, 15) is 4.79 Å². The molecule has 0 amide bonds. The van der Waals surface area contributed by atoms with E-state index in [1.54, 1.807) is 19.4 Å². The van der Waals surface area contributed by atoms with E-state index in [1.807, 2.05) is 20.8 Å². The minimum atomic E-state index is -0.456. The van der Waals surface area contributed by atoms with Gasteiger partial charge in [0.2, 0.25) is 5.95 Å². The third-order valence-electron chi connectivity index (χ3n) is 1.70. The number of carbonyl (C=O) groups excluding carboxylic acids is 1. The Labute approximate surface area is 95.3 Å². The Hall–Kier alpha value is -1.65. The maximum atomic E-state index is 11.5. The number of carbonyl (C=O) groups is 1. The predicted molar refractivity (Wildman–Crippen MR) is 61.1 cm³/mol. The molecule has 0 saturated carbocycles. The molecular weight excluding hydrogens is 206 g/mol. The lowest BCUT2D eigenvalue weighted by molar-refractivity contribution is -0.153. The number of anilines is 1. The van der Waals surface area contributed by atoms with Gasteiger partial charge in [-0.05, 0) is 20.8 Å². The van der Waals surface area contributed by atoms with Gasteiger partial charge in [0.1, 0.15) is 5.60 Å². The first-order valence-electron chi connectivity index (χ1n) is 5.11. The van der Waals surface area contributed by atoms with Gasteiger partial charge in [-0.1, -0.05) is 0 Å². The second-order valence-electron chi connectivity index (χ2n) is 4.43. The molecule has 1 aromatic heterocycles. The minimum absolute atomic E-state index is 0.196. The molecule has 0 spiro atoms. The maximum Gasteiger partial charge on any atom is 0.310 e. The van der Waals surface area contributed by atoms with Gasteiger partial charge in [0, 0.05) is 25.0 Å². The highest BCUT2D eigenvalue weighted by Crippen LogP contribution is 2.09. The van der Waals surface area contributed by atoms with Crippen molar-refractivity contribution >= 4 is 11.9 Å². The van der Waals surface area contributed by atoms with Gasteiger partial charge in [-0.25, -0.2) is 9.97 Å². The first kappa shape index (κ1) is 12.4. The van der Waals surface area contributed by atoms with Crippen LogP contribution in [0.25, 0.3) is 0 Å². The van der Waals surface area contributed by atoms with Crippen LogP contribution in [0.5, 0.6) is 0 Å². The summed E-state index contributed by atoms with van der Waals surface area (Å²) >= 11 is 0. The molecule has 1 heterocycles. The summed E-state index contributed by atoms with van der Waals surface area (Å²) in [4.78, 5) is 19.5. The zero-order chi connectivity index (χ0) is 12.2. The number of nitrogens with one attached hydrogen (secondary N) is 1. The van der Waals surface area contributed by atoms with Crippen LogP contribution in [0.1, 0.15) is 26.3 Å². The molecule has 0 radical (unpaired) electrons. The van der Waals surface area contributed by atoms with Crippen LogP contribution >= 0.6 is 0 Å². The third kappa shape index (κ3) is 4.25. The van der Waals surface area contributed by atoms with Crippen molar-refractivity contribution in [3.8, 4) is 0 Å². The van der Waals surface area contributed by atoms with Gasteiger partial charge in [0.05, 0.1) is 6.42 Å². The summed E-state index contributed by atoms with van der Waals surface area (Å²) in [5, 5.41) is 2.81. The SMILES string of the molecule is CNc1ncc(CC(=O)OC(C)(C)C)cn1. The molecule has 0 aliphatic rings. The van der Waals surface area contributed by atoms with Gasteiger partial charge >= 0.3 is 5.97 Å². The van der Waals surface area contributed by atoms with E-state index in [2.05, 4.69) is 15.3 Å². The molecular formula is C11H17N3O2. The zero-order valence-electron chi connectivity index (χ0n) is 10.1. The lowest BCUT2D eigenvalue weighted by Crippen LogP contribution is -2.25. The van der Waals surface area contributed by atoms with Crippen LogP contribution in [0.4, 0.5) is 5.95 Å². The van der Waals surface area contributed by atoms with Gasteiger partial charge in [-0.2, -0.15) is 0 Å². The average Bonchev–Trinajstić information content (AvgIpc) is 2.16. The Kier molecular flexibility index (Phi) is 3.82. The molecule has 16 heavy (non-hydrogen) atoms. The molecule has 1 N–H and O–H groups in total. The smallest absolute Gasteiger partial charge is 0.310 e. The normalized spacial score (nSPS) is 11.0.